The summed E-state index contributed by atoms with van der Waals surface area (Å²) in [5.74, 6) is -2.92. The molecule has 1 aromatic carbocycles. The van der Waals surface area contributed by atoms with Crippen LogP contribution in [0.4, 0.5) is 13.2 Å². The van der Waals surface area contributed by atoms with E-state index in [-0.39, 0.29) is 29.4 Å². The first kappa shape index (κ1) is 20.6. The van der Waals surface area contributed by atoms with Crippen LogP contribution in [0.5, 0.6) is 0 Å². The van der Waals surface area contributed by atoms with Crippen LogP contribution < -0.4 is 11.1 Å². The SMILES string of the molecule is CCC(C)[C@H](NC(=O)C1Cc2c([nH]c3ccccc23)C(C(F)(F)F)C1)C(N)=S. The summed E-state index contributed by atoms with van der Waals surface area (Å²) >= 11 is 5.05. The molecule has 4 N–H and O–H groups in total. The molecule has 28 heavy (non-hydrogen) atoms. The third kappa shape index (κ3) is 3.87. The van der Waals surface area contributed by atoms with Crippen LogP contribution in [-0.2, 0) is 11.2 Å². The van der Waals surface area contributed by atoms with Crippen molar-refractivity contribution in [3.63, 3.8) is 0 Å². The maximum atomic E-state index is 13.8. The molecule has 8 heteroatoms. The van der Waals surface area contributed by atoms with Crippen LogP contribution in [0.25, 0.3) is 10.9 Å². The number of H-pyrrole nitrogens is 1. The van der Waals surface area contributed by atoms with Gasteiger partial charge in [-0.2, -0.15) is 13.2 Å². The number of alkyl halides is 3. The molecule has 3 unspecified atom stereocenters. The van der Waals surface area contributed by atoms with Gasteiger partial charge in [0.1, 0.15) is 0 Å². The Hall–Kier alpha value is -2.09. The fourth-order valence-corrected chi connectivity index (χ4v) is 4.26. The van der Waals surface area contributed by atoms with Crippen molar-refractivity contribution in [2.24, 2.45) is 17.6 Å². The summed E-state index contributed by atoms with van der Waals surface area (Å²) in [6.07, 6.45) is -3.74. The first-order valence-electron chi connectivity index (χ1n) is 9.39. The Morgan fingerprint density at radius 1 is 1.39 bits per heavy atom. The lowest BCUT2D eigenvalue weighted by Crippen LogP contribution is -2.50. The number of aromatic nitrogens is 1. The zero-order valence-electron chi connectivity index (χ0n) is 15.8. The summed E-state index contributed by atoms with van der Waals surface area (Å²) < 4.78 is 41.3. The summed E-state index contributed by atoms with van der Waals surface area (Å²) in [5.41, 5.74) is 7.15. The van der Waals surface area contributed by atoms with Crippen LogP contribution >= 0.6 is 12.2 Å². The zero-order valence-corrected chi connectivity index (χ0v) is 16.6. The number of rotatable bonds is 5. The molecule has 1 heterocycles. The molecule has 0 bridgehead atoms. The van der Waals surface area contributed by atoms with Gasteiger partial charge >= 0.3 is 6.18 Å². The molecular weight excluding hydrogens is 387 g/mol. The highest BCUT2D eigenvalue weighted by Crippen LogP contribution is 2.46. The molecule has 0 fully saturated rings. The maximum Gasteiger partial charge on any atom is 0.397 e. The summed E-state index contributed by atoms with van der Waals surface area (Å²) in [4.78, 5) is 15.9. The minimum atomic E-state index is -4.44. The molecule has 2 aromatic rings. The van der Waals surface area contributed by atoms with Gasteiger partial charge in [0.25, 0.3) is 0 Å². The Bertz CT molecular complexity index is 892. The van der Waals surface area contributed by atoms with Crippen molar-refractivity contribution >= 4 is 34.0 Å². The number of carbonyl (C=O) groups excluding carboxylic acids is 1. The van der Waals surface area contributed by atoms with Crippen molar-refractivity contribution in [1.82, 2.24) is 10.3 Å². The van der Waals surface area contributed by atoms with Gasteiger partial charge in [0.05, 0.1) is 16.9 Å². The largest absolute Gasteiger partial charge is 0.397 e. The number of thiocarbonyl (C=S) groups is 1. The first-order chi connectivity index (χ1) is 13.1. The molecule has 0 radical (unpaired) electrons. The number of aromatic amines is 1. The molecule has 4 nitrogen and oxygen atoms in total. The van der Waals surface area contributed by atoms with Crippen LogP contribution in [0.15, 0.2) is 24.3 Å². The molecule has 1 aliphatic rings. The number of nitrogens with two attached hydrogens (primary N) is 1. The van der Waals surface area contributed by atoms with Crippen molar-refractivity contribution in [1.29, 1.82) is 0 Å². The molecule has 0 spiro atoms. The second kappa shape index (κ2) is 7.73. The lowest BCUT2D eigenvalue weighted by atomic mass is 9.78. The van der Waals surface area contributed by atoms with E-state index in [4.69, 9.17) is 18.0 Å². The van der Waals surface area contributed by atoms with Crippen molar-refractivity contribution in [3.8, 4) is 0 Å². The summed E-state index contributed by atoms with van der Waals surface area (Å²) in [6, 6.07) is 6.57. The second-order valence-electron chi connectivity index (χ2n) is 7.57. The minimum Gasteiger partial charge on any atom is -0.392 e. The van der Waals surface area contributed by atoms with Gasteiger partial charge in [-0.3, -0.25) is 4.79 Å². The summed E-state index contributed by atoms with van der Waals surface area (Å²) in [7, 11) is 0. The molecular formula is C20H24F3N3OS. The Morgan fingerprint density at radius 3 is 2.68 bits per heavy atom. The summed E-state index contributed by atoms with van der Waals surface area (Å²) in [6.45, 7) is 3.85. The highest BCUT2D eigenvalue weighted by atomic mass is 32.1. The van der Waals surface area contributed by atoms with E-state index in [9.17, 15) is 18.0 Å². The predicted octanol–water partition coefficient (Wildman–Crippen LogP) is 4.19. The van der Waals surface area contributed by atoms with Crippen molar-refractivity contribution in [2.75, 3.05) is 0 Å². The third-order valence-corrected chi connectivity index (χ3v) is 6.00. The number of halogens is 3. The van der Waals surface area contributed by atoms with Gasteiger partial charge in [-0.25, -0.2) is 0 Å². The van der Waals surface area contributed by atoms with Gasteiger partial charge in [0, 0.05) is 22.5 Å². The van der Waals surface area contributed by atoms with E-state index in [0.29, 0.717) is 11.1 Å². The Labute approximate surface area is 167 Å². The van der Waals surface area contributed by atoms with E-state index in [1.54, 1.807) is 24.3 Å². The quantitative estimate of drug-likeness (QED) is 0.646. The van der Waals surface area contributed by atoms with Gasteiger partial charge in [-0.15, -0.1) is 0 Å². The minimum absolute atomic E-state index is 0.00658. The molecule has 152 valence electrons. The molecule has 1 aromatic heterocycles. The van der Waals surface area contributed by atoms with Gasteiger partial charge in [0.2, 0.25) is 5.91 Å². The average molecular weight is 411 g/mol. The lowest BCUT2D eigenvalue weighted by Gasteiger charge is -2.32. The predicted molar refractivity (Wildman–Crippen MR) is 107 cm³/mol. The van der Waals surface area contributed by atoms with Crippen LogP contribution in [-0.4, -0.2) is 28.1 Å². The third-order valence-electron chi connectivity index (χ3n) is 5.75. The maximum absolute atomic E-state index is 13.8. The molecule has 3 rings (SSSR count). The lowest BCUT2D eigenvalue weighted by molar-refractivity contribution is -0.158. The van der Waals surface area contributed by atoms with Crippen LogP contribution in [0, 0.1) is 11.8 Å². The highest BCUT2D eigenvalue weighted by molar-refractivity contribution is 7.80. The zero-order chi connectivity index (χ0) is 20.6. The molecule has 1 aliphatic carbocycles. The van der Waals surface area contributed by atoms with Crippen LogP contribution in [0.2, 0.25) is 0 Å². The van der Waals surface area contributed by atoms with E-state index in [0.717, 1.165) is 11.8 Å². The molecule has 0 aliphatic heterocycles. The second-order valence-corrected chi connectivity index (χ2v) is 8.04. The number of amides is 1. The fourth-order valence-electron chi connectivity index (χ4n) is 3.97. The monoisotopic (exact) mass is 411 g/mol. The Morgan fingerprint density at radius 2 is 2.07 bits per heavy atom. The number of para-hydroxylation sites is 1. The number of hydrogen-bond acceptors (Lipinski definition) is 2. The smallest absolute Gasteiger partial charge is 0.392 e. The topological polar surface area (TPSA) is 70.9 Å². The number of fused-ring (bicyclic) bond motifs is 3. The van der Waals surface area contributed by atoms with Crippen molar-refractivity contribution in [2.45, 2.75) is 51.2 Å². The number of carbonyl (C=O) groups is 1. The highest BCUT2D eigenvalue weighted by Gasteiger charge is 2.48. The van der Waals surface area contributed by atoms with E-state index in [1.165, 1.54) is 0 Å². The first-order valence-corrected chi connectivity index (χ1v) is 9.80. The van der Waals surface area contributed by atoms with E-state index < -0.39 is 30.0 Å². The standard InChI is InChI=1S/C20H24F3N3OS/c1-3-10(2)16(18(24)28)26-19(27)11-8-13-12-6-4-5-7-15(12)25-17(13)14(9-11)20(21,22)23/h4-7,10-11,14,16,25H,3,8-9H2,1-2H3,(H2,24,28)(H,26,27)/t10?,11?,14?,16-/m0/s1. The van der Waals surface area contributed by atoms with E-state index in [1.807, 2.05) is 13.8 Å². The van der Waals surface area contributed by atoms with Gasteiger partial charge < -0.3 is 16.0 Å². The van der Waals surface area contributed by atoms with Gasteiger partial charge in [-0.1, -0.05) is 50.7 Å². The van der Waals surface area contributed by atoms with Crippen molar-refractivity contribution < 1.29 is 18.0 Å². The molecule has 0 saturated carbocycles. The Balaban J connectivity index is 1.94. The normalized spacial score (nSPS) is 21.8. The molecule has 1 amide bonds. The number of hydrogen-bond donors (Lipinski definition) is 3. The van der Waals surface area contributed by atoms with E-state index >= 15 is 0 Å². The Kier molecular flexibility index (Phi) is 5.70. The van der Waals surface area contributed by atoms with Gasteiger partial charge in [0.15, 0.2) is 0 Å². The van der Waals surface area contributed by atoms with Crippen LogP contribution in [0.1, 0.15) is 43.9 Å². The summed E-state index contributed by atoms with van der Waals surface area (Å²) in [5, 5.41) is 3.53. The van der Waals surface area contributed by atoms with Gasteiger partial charge in [-0.05, 0) is 30.4 Å². The van der Waals surface area contributed by atoms with E-state index in [2.05, 4.69) is 10.3 Å². The molecule has 0 saturated heterocycles. The number of benzene rings is 1. The van der Waals surface area contributed by atoms with Crippen molar-refractivity contribution in [3.05, 3.63) is 35.5 Å². The molecule has 4 atom stereocenters. The average Bonchev–Trinajstić information content (AvgIpc) is 3.01. The fraction of sp³-hybridized carbons (Fsp3) is 0.500. The number of nitrogens with one attached hydrogen (secondary N) is 2. The van der Waals surface area contributed by atoms with Crippen LogP contribution in [0.3, 0.4) is 0 Å².